The average Bonchev–Trinajstić information content (AvgIpc) is 2.83. The molecule has 1 aromatic heterocycles. The summed E-state index contributed by atoms with van der Waals surface area (Å²) in [6.45, 7) is -0.681. The number of hydrogen-bond acceptors (Lipinski definition) is 11. The van der Waals surface area contributed by atoms with Gasteiger partial charge in [-0.3, -0.25) is 4.79 Å². The Morgan fingerprint density at radius 2 is 1.59 bits per heavy atom. The summed E-state index contributed by atoms with van der Waals surface area (Å²) in [4.78, 5) is 13.1. The van der Waals surface area contributed by atoms with Crippen molar-refractivity contribution in [2.75, 3.05) is 20.8 Å². The number of aliphatic hydroxyl groups is 4. The van der Waals surface area contributed by atoms with Crippen molar-refractivity contribution >= 4 is 11.0 Å². The second-order valence-electron chi connectivity index (χ2n) is 7.80. The molecule has 0 saturated carbocycles. The summed E-state index contributed by atoms with van der Waals surface area (Å²) in [5.74, 6) is -0.906. The van der Waals surface area contributed by atoms with E-state index < -0.39 is 48.3 Å². The van der Waals surface area contributed by atoms with Gasteiger partial charge in [0.25, 0.3) is 0 Å². The number of fused-ring (bicyclic) bond motifs is 1. The minimum atomic E-state index is -1.73. The van der Waals surface area contributed by atoms with Crippen molar-refractivity contribution in [3.05, 3.63) is 46.1 Å². The SMILES string of the molecule is COc1c(OC)c(O)c2c(=O)cc(-c3ccc(O)cc3)oc2c1[C@H]1O[C@@H](CO)[C@@H](O)[C@@H](O)[C@@H]1O. The molecule has 0 spiro atoms. The zero-order valence-electron chi connectivity index (χ0n) is 18.2. The molecule has 1 aliphatic heterocycles. The van der Waals surface area contributed by atoms with E-state index in [1.165, 1.54) is 38.5 Å². The first-order valence-corrected chi connectivity index (χ1v) is 10.3. The van der Waals surface area contributed by atoms with Crippen molar-refractivity contribution in [2.45, 2.75) is 30.5 Å². The molecule has 1 fully saturated rings. The second kappa shape index (κ2) is 9.12. The predicted molar refractivity (Wildman–Crippen MR) is 117 cm³/mol. The van der Waals surface area contributed by atoms with E-state index in [1.807, 2.05) is 0 Å². The van der Waals surface area contributed by atoms with E-state index in [1.54, 1.807) is 0 Å². The van der Waals surface area contributed by atoms with Crippen LogP contribution in [-0.2, 0) is 4.74 Å². The Hall–Kier alpha value is -3.35. The molecule has 1 saturated heterocycles. The van der Waals surface area contributed by atoms with E-state index in [9.17, 15) is 35.4 Å². The minimum Gasteiger partial charge on any atom is -0.508 e. The molecule has 4 rings (SSSR count). The third kappa shape index (κ3) is 3.73. The molecule has 11 nitrogen and oxygen atoms in total. The van der Waals surface area contributed by atoms with Crippen molar-refractivity contribution < 1.29 is 49.3 Å². The van der Waals surface area contributed by atoms with Crippen LogP contribution in [0.4, 0.5) is 0 Å². The van der Waals surface area contributed by atoms with Gasteiger partial charge in [0.15, 0.2) is 22.5 Å². The molecular weight excluding hydrogens is 452 g/mol. The van der Waals surface area contributed by atoms with E-state index in [0.29, 0.717) is 5.56 Å². The highest BCUT2D eigenvalue weighted by Crippen LogP contribution is 2.50. The van der Waals surface area contributed by atoms with Gasteiger partial charge >= 0.3 is 0 Å². The molecule has 0 aliphatic carbocycles. The molecule has 2 aromatic carbocycles. The van der Waals surface area contributed by atoms with Gasteiger partial charge in [-0.15, -0.1) is 0 Å². The third-order valence-electron chi connectivity index (χ3n) is 5.83. The molecular formula is C23H24O11. The molecule has 3 aromatic rings. The van der Waals surface area contributed by atoms with Crippen LogP contribution in [0.2, 0.25) is 0 Å². The summed E-state index contributed by atoms with van der Waals surface area (Å²) < 4.78 is 22.3. The van der Waals surface area contributed by atoms with Crippen LogP contribution in [-0.4, -0.2) is 75.9 Å². The van der Waals surface area contributed by atoms with Crippen LogP contribution in [0.25, 0.3) is 22.3 Å². The standard InChI is InChI=1S/C23H24O11/c1-31-22-15(21-19(30)18(29)16(27)13(8-24)34-21)20-14(17(28)23(22)32-2)11(26)7-12(33-20)9-3-5-10(25)6-4-9/h3-7,13,16,18-19,21,24-25,27-30H,8H2,1-2H3/t13-,16+,18+,19-,21+/m0/s1. The highest BCUT2D eigenvalue weighted by atomic mass is 16.5. The second-order valence-corrected chi connectivity index (χ2v) is 7.80. The van der Waals surface area contributed by atoms with E-state index in [4.69, 9.17) is 18.6 Å². The monoisotopic (exact) mass is 476 g/mol. The van der Waals surface area contributed by atoms with Crippen molar-refractivity contribution in [2.24, 2.45) is 0 Å². The quantitative estimate of drug-likeness (QED) is 0.300. The van der Waals surface area contributed by atoms with Crippen molar-refractivity contribution in [3.8, 4) is 34.3 Å². The molecule has 6 N–H and O–H groups in total. The van der Waals surface area contributed by atoms with Gasteiger partial charge in [0.2, 0.25) is 5.75 Å². The van der Waals surface area contributed by atoms with Crippen LogP contribution in [0.3, 0.4) is 0 Å². The van der Waals surface area contributed by atoms with Gasteiger partial charge in [-0.05, 0) is 24.3 Å². The van der Waals surface area contributed by atoms with Gasteiger partial charge in [-0.2, -0.15) is 0 Å². The third-order valence-corrected chi connectivity index (χ3v) is 5.83. The maximum Gasteiger partial charge on any atom is 0.204 e. The van der Waals surface area contributed by atoms with Gasteiger partial charge in [-0.1, -0.05) is 0 Å². The first kappa shape index (κ1) is 23.8. The van der Waals surface area contributed by atoms with Crippen LogP contribution in [0.1, 0.15) is 11.7 Å². The van der Waals surface area contributed by atoms with Crippen molar-refractivity contribution in [3.63, 3.8) is 0 Å². The highest BCUT2D eigenvalue weighted by molar-refractivity contribution is 5.93. The number of phenols is 2. The lowest BCUT2D eigenvalue weighted by Gasteiger charge is -2.40. The highest BCUT2D eigenvalue weighted by Gasteiger charge is 2.47. The van der Waals surface area contributed by atoms with Crippen LogP contribution in [0.15, 0.2) is 39.5 Å². The van der Waals surface area contributed by atoms with E-state index in [0.717, 1.165) is 6.07 Å². The molecule has 0 bridgehead atoms. The number of benzene rings is 2. The summed E-state index contributed by atoms with van der Waals surface area (Å²) in [7, 11) is 2.48. The van der Waals surface area contributed by atoms with Crippen LogP contribution in [0, 0.1) is 0 Å². The number of hydrogen-bond donors (Lipinski definition) is 6. The lowest BCUT2D eigenvalue weighted by molar-refractivity contribution is -0.231. The first-order valence-electron chi connectivity index (χ1n) is 10.3. The van der Waals surface area contributed by atoms with E-state index >= 15 is 0 Å². The Bertz CT molecular complexity index is 1250. The number of ether oxygens (including phenoxy) is 3. The van der Waals surface area contributed by atoms with Crippen LogP contribution < -0.4 is 14.9 Å². The fourth-order valence-electron chi connectivity index (χ4n) is 4.11. The predicted octanol–water partition coefficient (Wildman–Crippen LogP) is 0.403. The summed E-state index contributed by atoms with van der Waals surface area (Å²) in [6.07, 6.45) is -7.78. The minimum absolute atomic E-state index is 0.00190. The fourth-order valence-corrected chi connectivity index (χ4v) is 4.11. The smallest absolute Gasteiger partial charge is 0.204 e. The summed E-state index contributed by atoms with van der Waals surface area (Å²) in [6, 6.07) is 6.94. The maximum absolute atomic E-state index is 13.1. The Labute approximate surface area is 192 Å². The number of aliphatic hydroxyl groups excluding tert-OH is 4. The summed E-state index contributed by atoms with van der Waals surface area (Å²) >= 11 is 0. The topological polar surface area (TPSA) is 179 Å². The number of phenolic OH excluding ortho intramolecular Hbond substituents is 2. The van der Waals surface area contributed by atoms with Crippen LogP contribution in [0.5, 0.6) is 23.0 Å². The average molecular weight is 476 g/mol. The lowest BCUT2D eigenvalue weighted by atomic mass is 9.89. The number of methoxy groups -OCH3 is 2. The first-order chi connectivity index (χ1) is 16.2. The van der Waals surface area contributed by atoms with Gasteiger partial charge in [0.1, 0.15) is 47.4 Å². The molecule has 1 aliphatic rings. The number of rotatable bonds is 5. The summed E-state index contributed by atoms with van der Waals surface area (Å²) in [5.41, 5.74) is -0.545. The lowest BCUT2D eigenvalue weighted by Crippen LogP contribution is -2.55. The van der Waals surface area contributed by atoms with E-state index in [2.05, 4.69) is 0 Å². The molecule has 182 valence electrons. The molecule has 0 unspecified atom stereocenters. The normalized spacial score (nSPS) is 24.8. The zero-order chi connectivity index (χ0) is 24.7. The van der Waals surface area contributed by atoms with Crippen molar-refractivity contribution in [1.29, 1.82) is 0 Å². The largest absolute Gasteiger partial charge is 0.508 e. The Morgan fingerprint density at radius 3 is 2.18 bits per heavy atom. The number of aromatic hydroxyl groups is 2. The molecule has 0 radical (unpaired) electrons. The van der Waals surface area contributed by atoms with Gasteiger partial charge < -0.3 is 49.3 Å². The maximum atomic E-state index is 13.1. The Balaban J connectivity index is 2.06. The molecule has 2 heterocycles. The van der Waals surface area contributed by atoms with E-state index in [-0.39, 0.29) is 39.5 Å². The molecule has 34 heavy (non-hydrogen) atoms. The summed E-state index contributed by atoms with van der Waals surface area (Å²) in [5, 5.41) is 60.9. The Morgan fingerprint density at radius 1 is 0.941 bits per heavy atom. The van der Waals surface area contributed by atoms with Gasteiger partial charge in [-0.25, -0.2) is 0 Å². The Kier molecular flexibility index (Phi) is 6.39. The fraction of sp³-hybridized carbons (Fsp3) is 0.348. The zero-order valence-corrected chi connectivity index (χ0v) is 18.2. The van der Waals surface area contributed by atoms with Gasteiger partial charge in [0.05, 0.1) is 26.4 Å². The van der Waals surface area contributed by atoms with Crippen LogP contribution >= 0.6 is 0 Å². The molecule has 11 heteroatoms. The van der Waals surface area contributed by atoms with Crippen molar-refractivity contribution in [1.82, 2.24) is 0 Å². The van der Waals surface area contributed by atoms with Gasteiger partial charge in [0, 0.05) is 11.6 Å². The molecule has 5 atom stereocenters. The molecule has 0 amide bonds.